The normalized spacial score (nSPS) is 26.5. The number of nitriles is 1. The second-order valence-corrected chi connectivity index (χ2v) is 6.22. The number of carbonyl (C=O) groups is 1. The Hall–Kier alpha value is -1.24. The van der Waals surface area contributed by atoms with E-state index in [2.05, 4.69) is 6.07 Å². The maximum absolute atomic E-state index is 11.8. The predicted octanol–water partition coefficient (Wildman–Crippen LogP) is 2.55. The molecule has 2 aliphatic rings. The van der Waals surface area contributed by atoms with Crippen molar-refractivity contribution in [2.24, 2.45) is 11.3 Å². The molecule has 0 unspecified atom stereocenters. The molecule has 0 aromatic rings. The highest BCUT2D eigenvalue weighted by molar-refractivity contribution is 5.68. The molecule has 1 amide bonds. The molecule has 1 spiro atoms. The van der Waals surface area contributed by atoms with Gasteiger partial charge in [0.1, 0.15) is 5.60 Å². The number of carbonyl (C=O) groups excluding carboxylic acids is 1. The number of likely N-dealkylation sites (tertiary alicyclic amines) is 1. The molecule has 0 aromatic heterocycles. The third-order valence-electron chi connectivity index (χ3n) is 3.76. The van der Waals surface area contributed by atoms with Crippen LogP contribution in [0.4, 0.5) is 4.79 Å². The van der Waals surface area contributed by atoms with Gasteiger partial charge in [0, 0.05) is 13.1 Å². The molecule has 0 bridgehead atoms. The van der Waals surface area contributed by atoms with Crippen molar-refractivity contribution in [2.45, 2.75) is 45.6 Å². The molecule has 1 heterocycles. The van der Waals surface area contributed by atoms with Crippen LogP contribution < -0.4 is 0 Å². The van der Waals surface area contributed by atoms with Crippen LogP contribution in [-0.2, 0) is 4.74 Å². The van der Waals surface area contributed by atoms with Crippen LogP contribution in [0.1, 0.15) is 40.0 Å². The average Bonchev–Trinajstić information content (AvgIpc) is 2.90. The van der Waals surface area contributed by atoms with Gasteiger partial charge in [-0.2, -0.15) is 5.26 Å². The van der Waals surface area contributed by atoms with E-state index in [4.69, 9.17) is 10.00 Å². The number of hydrogen-bond donors (Lipinski definition) is 0. The van der Waals surface area contributed by atoms with Crippen molar-refractivity contribution < 1.29 is 9.53 Å². The molecular formula is C13H20N2O2. The molecule has 0 aromatic carbocycles. The fourth-order valence-electron chi connectivity index (χ4n) is 2.54. The van der Waals surface area contributed by atoms with Gasteiger partial charge in [-0.3, -0.25) is 0 Å². The van der Waals surface area contributed by atoms with Crippen LogP contribution in [0.5, 0.6) is 0 Å². The summed E-state index contributed by atoms with van der Waals surface area (Å²) in [5.74, 6) is 0.225. The third-order valence-corrected chi connectivity index (χ3v) is 3.76. The highest BCUT2D eigenvalue weighted by atomic mass is 16.6. The Morgan fingerprint density at radius 1 is 1.41 bits per heavy atom. The van der Waals surface area contributed by atoms with E-state index in [1.165, 1.54) is 0 Å². The smallest absolute Gasteiger partial charge is 0.410 e. The van der Waals surface area contributed by atoms with E-state index in [1.54, 1.807) is 4.90 Å². The Bertz CT molecular complexity index is 357. The molecule has 17 heavy (non-hydrogen) atoms. The maximum atomic E-state index is 11.8. The Labute approximate surface area is 103 Å². The Morgan fingerprint density at radius 3 is 2.41 bits per heavy atom. The Kier molecular flexibility index (Phi) is 2.81. The highest BCUT2D eigenvalue weighted by Crippen LogP contribution is 2.58. The van der Waals surface area contributed by atoms with Gasteiger partial charge >= 0.3 is 6.09 Å². The SMILES string of the molecule is CC(C)(C)OC(=O)N1CCC2(CC1)C[C@H]2C#N. The van der Waals surface area contributed by atoms with Crippen LogP contribution in [0.3, 0.4) is 0 Å². The molecule has 1 aliphatic heterocycles. The monoisotopic (exact) mass is 236 g/mol. The van der Waals surface area contributed by atoms with E-state index in [-0.39, 0.29) is 17.4 Å². The summed E-state index contributed by atoms with van der Waals surface area (Å²) in [5, 5.41) is 8.90. The summed E-state index contributed by atoms with van der Waals surface area (Å²) in [6, 6.07) is 2.35. The van der Waals surface area contributed by atoms with Crippen molar-refractivity contribution >= 4 is 6.09 Å². The largest absolute Gasteiger partial charge is 0.444 e. The van der Waals surface area contributed by atoms with Crippen molar-refractivity contribution in [3.63, 3.8) is 0 Å². The van der Waals surface area contributed by atoms with Crippen LogP contribution in [0, 0.1) is 22.7 Å². The van der Waals surface area contributed by atoms with E-state index in [0.717, 1.165) is 32.4 Å². The van der Waals surface area contributed by atoms with E-state index in [0.29, 0.717) is 0 Å². The van der Waals surface area contributed by atoms with Crippen LogP contribution in [0.15, 0.2) is 0 Å². The zero-order chi connectivity index (χ0) is 12.7. The first-order chi connectivity index (χ1) is 7.86. The van der Waals surface area contributed by atoms with Crippen molar-refractivity contribution in [3.8, 4) is 6.07 Å². The van der Waals surface area contributed by atoms with E-state index in [9.17, 15) is 4.79 Å². The lowest BCUT2D eigenvalue weighted by Crippen LogP contribution is -2.42. The predicted molar refractivity (Wildman–Crippen MR) is 63.2 cm³/mol. The molecule has 2 rings (SSSR count). The summed E-state index contributed by atoms with van der Waals surface area (Å²) in [7, 11) is 0. The lowest BCUT2D eigenvalue weighted by molar-refractivity contribution is 0.0169. The molecular weight excluding hydrogens is 216 g/mol. The minimum absolute atomic E-state index is 0.221. The number of nitrogens with zero attached hydrogens (tertiary/aromatic N) is 2. The molecule has 1 saturated carbocycles. The Balaban J connectivity index is 1.84. The van der Waals surface area contributed by atoms with Crippen molar-refractivity contribution in [1.82, 2.24) is 4.90 Å². The fourth-order valence-corrected chi connectivity index (χ4v) is 2.54. The first-order valence-electron chi connectivity index (χ1n) is 6.24. The minimum Gasteiger partial charge on any atom is -0.444 e. The second-order valence-electron chi connectivity index (χ2n) is 6.22. The van der Waals surface area contributed by atoms with Gasteiger partial charge in [0.25, 0.3) is 0 Å². The van der Waals surface area contributed by atoms with Gasteiger partial charge in [0.05, 0.1) is 12.0 Å². The van der Waals surface area contributed by atoms with Crippen LogP contribution in [0.2, 0.25) is 0 Å². The van der Waals surface area contributed by atoms with Crippen LogP contribution >= 0.6 is 0 Å². The lowest BCUT2D eigenvalue weighted by Gasteiger charge is -2.33. The second kappa shape index (κ2) is 3.90. The molecule has 1 atom stereocenters. The zero-order valence-electron chi connectivity index (χ0n) is 10.8. The summed E-state index contributed by atoms with van der Waals surface area (Å²) in [5.41, 5.74) is -0.200. The quantitative estimate of drug-likeness (QED) is 0.649. The molecule has 2 fully saturated rings. The van der Waals surface area contributed by atoms with E-state index >= 15 is 0 Å². The van der Waals surface area contributed by atoms with Crippen molar-refractivity contribution in [1.29, 1.82) is 5.26 Å². The number of ether oxygens (including phenoxy) is 1. The first-order valence-corrected chi connectivity index (χ1v) is 6.24. The van der Waals surface area contributed by atoms with Crippen LogP contribution in [0.25, 0.3) is 0 Å². The number of hydrogen-bond acceptors (Lipinski definition) is 3. The maximum Gasteiger partial charge on any atom is 0.410 e. The summed E-state index contributed by atoms with van der Waals surface area (Å²) < 4.78 is 5.34. The summed E-state index contributed by atoms with van der Waals surface area (Å²) in [6.07, 6.45) is 2.70. The van der Waals surface area contributed by atoms with Crippen molar-refractivity contribution in [2.75, 3.05) is 13.1 Å². The van der Waals surface area contributed by atoms with Gasteiger partial charge in [0.2, 0.25) is 0 Å². The van der Waals surface area contributed by atoms with Gasteiger partial charge < -0.3 is 9.64 Å². The lowest BCUT2D eigenvalue weighted by atomic mass is 9.91. The molecule has 0 N–H and O–H groups in total. The van der Waals surface area contributed by atoms with Gasteiger partial charge in [-0.15, -0.1) is 0 Å². The number of amides is 1. The minimum atomic E-state index is -0.430. The van der Waals surface area contributed by atoms with Gasteiger partial charge in [-0.05, 0) is 45.4 Å². The van der Waals surface area contributed by atoms with Gasteiger partial charge in [-0.1, -0.05) is 0 Å². The third kappa shape index (κ3) is 2.54. The first kappa shape index (κ1) is 12.2. The number of piperidine rings is 1. The van der Waals surface area contributed by atoms with Crippen molar-refractivity contribution in [3.05, 3.63) is 0 Å². The molecule has 1 saturated heterocycles. The topological polar surface area (TPSA) is 53.3 Å². The molecule has 4 nitrogen and oxygen atoms in total. The standard InChI is InChI=1S/C13H20N2O2/c1-12(2,3)17-11(16)15-6-4-13(5-7-15)8-10(13)9-14/h10H,4-8H2,1-3H3/t10-/m0/s1. The Morgan fingerprint density at radius 2 is 2.00 bits per heavy atom. The fraction of sp³-hybridized carbons (Fsp3) is 0.846. The van der Waals surface area contributed by atoms with E-state index < -0.39 is 5.60 Å². The highest BCUT2D eigenvalue weighted by Gasteiger charge is 2.55. The van der Waals surface area contributed by atoms with Gasteiger partial charge in [0.15, 0.2) is 0 Å². The summed E-state index contributed by atoms with van der Waals surface area (Å²) >= 11 is 0. The average molecular weight is 236 g/mol. The summed E-state index contributed by atoms with van der Waals surface area (Å²) in [6.45, 7) is 7.09. The molecule has 4 heteroatoms. The number of rotatable bonds is 0. The van der Waals surface area contributed by atoms with Gasteiger partial charge in [-0.25, -0.2) is 4.79 Å². The molecule has 0 radical (unpaired) electrons. The molecule has 94 valence electrons. The van der Waals surface area contributed by atoms with Crippen LogP contribution in [-0.4, -0.2) is 29.7 Å². The summed E-state index contributed by atoms with van der Waals surface area (Å²) in [4.78, 5) is 13.6. The molecule has 1 aliphatic carbocycles. The van der Waals surface area contributed by atoms with E-state index in [1.807, 2.05) is 20.8 Å². The zero-order valence-corrected chi connectivity index (χ0v) is 10.8.